The minimum atomic E-state index is -0.655. The van der Waals surface area contributed by atoms with Crippen LogP contribution in [0.4, 0.5) is 22.7 Å². The van der Waals surface area contributed by atoms with Crippen LogP contribution < -0.4 is 21.7 Å². The topological polar surface area (TPSA) is 67.3 Å². The van der Waals surface area contributed by atoms with E-state index in [0.717, 1.165) is 22.7 Å². The lowest BCUT2D eigenvalue weighted by atomic mass is 10.2. The zero-order valence-electron chi connectivity index (χ0n) is 10.2. The normalized spacial score (nSPS) is 21.6. The van der Waals surface area contributed by atoms with Gasteiger partial charge in [-0.25, -0.2) is 0 Å². The second-order valence-electron chi connectivity index (χ2n) is 4.72. The van der Waals surface area contributed by atoms with Crippen LogP contribution in [0.2, 0.25) is 0 Å². The molecule has 0 amide bonds. The molecule has 2 aromatic carbocycles. The van der Waals surface area contributed by atoms with Crippen LogP contribution in [0.5, 0.6) is 0 Å². The molecule has 0 saturated heterocycles. The third-order valence-electron chi connectivity index (χ3n) is 3.13. The number of para-hydroxylation sites is 1. The van der Waals surface area contributed by atoms with Crippen molar-refractivity contribution >= 4 is 22.7 Å². The van der Waals surface area contributed by atoms with Gasteiger partial charge in [0.05, 0.1) is 11.4 Å². The first-order valence-electron chi connectivity index (χ1n) is 5.90. The van der Waals surface area contributed by atoms with E-state index in [4.69, 9.17) is 11.5 Å². The first kappa shape index (κ1) is 10.9. The quantitative estimate of drug-likeness (QED) is 0.670. The largest absolute Gasteiger partial charge is 0.399 e. The number of hydrogen-bond donors (Lipinski definition) is 3. The molecule has 4 nitrogen and oxygen atoms in total. The van der Waals surface area contributed by atoms with Crippen molar-refractivity contribution in [2.24, 2.45) is 5.73 Å². The SMILES string of the molecule is CC1(N)Nc2cc(N)ccc2N1c1ccccc1. The molecule has 1 heterocycles. The van der Waals surface area contributed by atoms with Crippen molar-refractivity contribution in [1.82, 2.24) is 0 Å². The van der Waals surface area contributed by atoms with E-state index < -0.39 is 5.79 Å². The fourth-order valence-corrected chi connectivity index (χ4v) is 2.41. The highest BCUT2D eigenvalue weighted by atomic mass is 15.4. The van der Waals surface area contributed by atoms with E-state index in [0.29, 0.717) is 0 Å². The van der Waals surface area contributed by atoms with Gasteiger partial charge in [-0.3, -0.25) is 5.73 Å². The van der Waals surface area contributed by atoms with Crippen LogP contribution in [0.15, 0.2) is 48.5 Å². The summed E-state index contributed by atoms with van der Waals surface area (Å²) in [5.41, 5.74) is 15.9. The number of nitrogen functional groups attached to an aromatic ring is 1. The van der Waals surface area contributed by atoms with E-state index in [2.05, 4.69) is 10.2 Å². The smallest absolute Gasteiger partial charge is 0.165 e. The summed E-state index contributed by atoms with van der Waals surface area (Å²) in [6, 6.07) is 15.9. The first-order valence-corrected chi connectivity index (χ1v) is 5.90. The molecule has 5 N–H and O–H groups in total. The average molecular weight is 240 g/mol. The predicted octanol–water partition coefficient (Wildman–Crippen LogP) is 2.46. The molecule has 1 aliphatic rings. The molecule has 0 fully saturated rings. The number of rotatable bonds is 1. The number of nitrogens with one attached hydrogen (secondary N) is 1. The van der Waals surface area contributed by atoms with Crippen molar-refractivity contribution in [3.63, 3.8) is 0 Å². The Bertz CT molecular complexity index is 578. The lowest BCUT2D eigenvalue weighted by Gasteiger charge is -2.33. The molecule has 0 saturated carbocycles. The van der Waals surface area contributed by atoms with Gasteiger partial charge in [-0.1, -0.05) is 18.2 Å². The minimum absolute atomic E-state index is 0.655. The van der Waals surface area contributed by atoms with Crippen molar-refractivity contribution in [2.75, 3.05) is 16.0 Å². The molecular formula is C14H16N4. The summed E-state index contributed by atoms with van der Waals surface area (Å²) >= 11 is 0. The standard InChI is InChI=1S/C14H16N4/c1-14(16)17-12-9-10(15)7-8-13(12)18(14)11-5-3-2-4-6-11/h2-9,17H,15-16H2,1H3. The Labute approximate surface area is 106 Å². The second-order valence-corrected chi connectivity index (χ2v) is 4.72. The Hall–Kier alpha value is -2.20. The van der Waals surface area contributed by atoms with Gasteiger partial charge in [0.2, 0.25) is 0 Å². The van der Waals surface area contributed by atoms with Crippen LogP contribution in [0.1, 0.15) is 6.92 Å². The highest BCUT2D eigenvalue weighted by Crippen LogP contribution is 2.43. The zero-order chi connectivity index (χ0) is 12.8. The van der Waals surface area contributed by atoms with Gasteiger partial charge in [0.15, 0.2) is 5.79 Å². The van der Waals surface area contributed by atoms with Crippen LogP contribution in [-0.4, -0.2) is 5.79 Å². The number of nitrogens with zero attached hydrogens (tertiary/aromatic N) is 1. The van der Waals surface area contributed by atoms with E-state index >= 15 is 0 Å². The number of hydrogen-bond acceptors (Lipinski definition) is 4. The van der Waals surface area contributed by atoms with Gasteiger partial charge in [-0.05, 0) is 37.3 Å². The second kappa shape index (κ2) is 3.65. The van der Waals surface area contributed by atoms with Crippen molar-refractivity contribution in [3.8, 4) is 0 Å². The van der Waals surface area contributed by atoms with E-state index in [1.807, 2.05) is 55.5 Å². The lowest BCUT2D eigenvalue weighted by molar-refractivity contribution is 0.568. The molecule has 1 aliphatic heterocycles. The number of nitrogens with two attached hydrogens (primary N) is 2. The molecule has 18 heavy (non-hydrogen) atoms. The Morgan fingerprint density at radius 1 is 1.11 bits per heavy atom. The maximum absolute atomic E-state index is 6.33. The van der Waals surface area contributed by atoms with E-state index in [1.165, 1.54) is 0 Å². The van der Waals surface area contributed by atoms with Gasteiger partial charge in [-0.15, -0.1) is 0 Å². The van der Waals surface area contributed by atoms with Crippen LogP contribution in [0, 0.1) is 0 Å². The maximum atomic E-state index is 6.33. The molecule has 1 unspecified atom stereocenters. The monoisotopic (exact) mass is 240 g/mol. The summed E-state index contributed by atoms with van der Waals surface area (Å²) in [4.78, 5) is 2.07. The molecule has 4 heteroatoms. The van der Waals surface area contributed by atoms with Crippen molar-refractivity contribution in [3.05, 3.63) is 48.5 Å². The minimum Gasteiger partial charge on any atom is -0.399 e. The van der Waals surface area contributed by atoms with E-state index in [9.17, 15) is 0 Å². The van der Waals surface area contributed by atoms with Crippen molar-refractivity contribution in [2.45, 2.75) is 12.7 Å². The fraction of sp³-hybridized carbons (Fsp3) is 0.143. The summed E-state index contributed by atoms with van der Waals surface area (Å²) in [5.74, 6) is -0.655. The third kappa shape index (κ3) is 1.58. The van der Waals surface area contributed by atoms with Gasteiger partial charge in [0.1, 0.15) is 0 Å². The van der Waals surface area contributed by atoms with Crippen LogP contribution >= 0.6 is 0 Å². The summed E-state index contributed by atoms with van der Waals surface area (Å²) < 4.78 is 0. The molecular weight excluding hydrogens is 224 g/mol. The summed E-state index contributed by atoms with van der Waals surface area (Å²) in [6.45, 7) is 1.94. The molecule has 0 aromatic heterocycles. The number of fused-ring (bicyclic) bond motifs is 1. The Morgan fingerprint density at radius 2 is 1.83 bits per heavy atom. The van der Waals surface area contributed by atoms with Crippen LogP contribution in [0.25, 0.3) is 0 Å². The van der Waals surface area contributed by atoms with Gasteiger partial charge >= 0.3 is 0 Å². The van der Waals surface area contributed by atoms with E-state index in [1.54, 1.807) is 0 Å². The average Bonchev–Trinajstić information content (AvgIpc) is 2.59. The molecule has 0 aliphatic carbocycles. The van der Waals surface area contributed by atoms with Gasteiger partial charge in [0, 0.05) is 11.4 Å². The molecule has 0 bridgehead atoms. The Morgan fingerprint density at radius 3 is 2.56 bits per heavy atom. The zero-order valence-corrected chi connectivity index (χ0v) is 10.2. The number of benzene rings is 2. The fourth-order valence-electron chi connectivity index (χ4n) is 2.41. The highest BCUT2D eigenvalue weighted by molar-refractivity contribution is 5.85. The van der Waals surface area contributed by atoms with Gasteiger partial charge < -0.3 is 16.0 Å². The lowest BCUT2D eigenvalue weighted by Crippen LogP contribution is -2.53. The molecule has 0 spiro atoms. The predicted molar refractivity (Wildman–Crippen MR) is 75.7 cm³/mol. The Kier molecular flexibility index (Phi) is 2.21. The van der Waals surface area contributed by atoms with Crippen LogP contribution in [-0.2, 0) is 0 Å². The molecule has 2 aromatic rings. The summed E-state index contributed by atoms with van der Waals surface area (Å²) in [5, 5.41) is 3.29. The first-order chi connectivity index (χ1) is 8.58. The Balaban J connectivity index is 2.15. The maximum Gasteiger partial charge on any atom is 0.165 e. The van der Waals surface area contributed by atoms with Crippen molar-refractivity contribution < 1.29 is 0 Å². The molecule has 92 valence electrons. The highest BCUT2D eigenvalue weighted by Gasteiger charge is 2.36. The van der Waals surface area contributed by atoms with Gasteiger partial charge in [-0.2, -0.15) is 0 Å². The third-order valence-corrected chi connectivity index (χ3v) is 3.13. The molecule has 3 rings (SSSR count). The van der Waals surface area contributed by atoms with Gasteiger partial charge in [0.25, 0.3) is 0 Å². The number of anilines is 4. The molecule has 0 radical (unpaired) electrons. The molecule has 1 atom stereocenters. The van der Waals surface area contributed by atoms with Crippen LogP contribution in [0.3, 0.4) is 0 Å². The van der Waals surface area contributed by atoms with Crippen molar-refractivity contribution in [1.29, 1.82) is 0 Å². The summed E-state index contributed by atoms with van der Waals surface area (Å²) in [6.07, 6.45) is 0. The summed E-state index contributed by atoms with van der Waals surface area (Å²) in [7, 11) is 0. The van der Waals surface area contributed by atoms with E-state index in [-0.39, 0.29) is 0 Å².